The molecule has 1 rings (SSSR count). The van der Waals surface area contributed by atoms with Crippen LogP contribution >= 0.6 is 0 Å². The molecule has 0 saturated carbocycles. The van der Waals surface area contributed by atoms with Crippen molar-refractivity contribution in [2.45, 2.75) is 26.8 Å². The van der Waals surface area contributed by atoms with Gasteiger partial charge in [-0.25, -0.2) is 0 Å². The van der Waals surface area contributed by atoms with Crippen LogP contribution in [0.2, 0.25) is 0 Å². The Morgan fingerprint density at radius 2 is 1.67 bits per heavy atom. The summed E-state index contributed by atoms with van der Waals surface area (Å²) in [4.78, 5) is 2.09. The summed E-state index contributed by atoms with van der Waals surface area (Å²) >= 11 is 0. The molecule has 1 aromatic rings. The highest BCUT2D eigenvalue weighted by molar-refractivity contribution is 5.22. The van der Waals surface area contributed by atoms with Crippen LogP contribution < -0.4 is 5.73 Å². The zero-order valence-corrected chi connectivity index (χ0v) is 10.0. The summed E-state index contributed by atoms with van der Waals surface area (Å²) in [6.07, 6.45) is 1.16. The van der Waals surface area contributed by atoms with Gasteiger partial charge in [0.15, 0.2) is 0 Å². The fourth-order valence-corrected chi connectivity index (χ4v) is 1.63. The SMILES string of the molecule is CC(C)Cc1ccc(CN(C)CN)cc1. The lowest BCUT2D eigenvalue weighted by atomic mass is 10.0. The van der Waals surface area contributed by atoms with Gasteiger partial charge in [0.2, 0.25) is 0 Å². The van der Waals surface area contributed by atoms with Gasteiger partial charge in [-0.05, 0) is 30.5 Å². The van der Waals surface area contributed by atoms with Gasteiger partial charge >= 0.3 is 0 Å². The summed E-state index contributed by atoms with van der Waals surface area (Å²) in [6.45, 7) is 6.03. The number of nitrogens with zero attached hydrogens (tertiary/aromatic N) is 1. The van der Waals surface area contributed by atoms with Gasteiger partial charge in [0.05, 0.1) is 0 Å². The molecule has 15 heavy (non-hydrogen) atoms. The van der Waals surface area contributed by atoms with Crippen LogP contribution in [0.3, 0.4) is 0 Å². The first-order chi connectivity index (χ1) is 7.11. The van der Waals surface area contributed by atoms with E-state index >= 15 is 0 Å². The first kappa shape index (κ1) is 12.2. The maximum atomic E-state index is 5.54. The van der Waals surface area contributed by atoms with Gasteiger partial charge < -0.3 is 5.73 Å². The Morgan fingerprint density at radius 1 is 1.13 bits per heavy atom. The van der Waals surface area contributed by atoms with Gasteiger partial charge in [-0.1, -0.05) is 38.1 Å². The Labute approximate surface area is 93.1 Å². The van der Waals surface area contributed by atoms with Gasteiger partial charge in [-0.3, -0.25) is 4.90 Å². The lowest BCUT2D eigenvalue weighted by Crippen LogP contribution is -2.24. The molecule has 84 valence electrons. The van der Waals surface area contributed by atoms with E-state index in [2.05, 4.69) is 43.0 Å². The van der Waals surface area contributed by atoms with E-state index in [-0.39, 0.29) is 0 Å². The Morgan fingerprint density at radius 3 is 2.13 bits per heavy atom. The molecule has 0 radical (unpaired) electrons. The van der Waals surface area contributed by atoms with Gasteiger partial charge in [-0.2, -0.15) is 0 Å². The van der Waals surface area contributed by atoms with E-state index in [1.165, 1.54) is 11.1 Å². The third-order valence-electron chi connectivity index (χ3n) is 2.43. The Bertz CT molecular complexity index is 277. The van der Waals surface area contributed by atoms with Gasteiger partial charge in [0, 0.05) is 13.2 Å². The molecule has 0 spiro atoms. The van der Waals surface area contributed by atoms with Crippen LogP contribution in [0.15, 0.2) is 24.3 Å². The first-order valence-electron chi connectivity index (χ1n) is 5.58. The lowest BCUT2D eigenvalue weighted by Gasteiger charge is -2.14. The molecule has 0 fully saturated rings. The van der Waals surface area contributed by atoms with E-state index in [9.17, 15) is 0 Å². The van der Waals surface area contributed by atoms with E-state index in [4.69, 9.17) is 5.73 Å². The minimum atomic E-state index is 0.605. The molecule has 2 heteroatoms. The molecule has 2 nitrogen and oxygen atoms in total. The molecule has 1 aromatic carbocycles. The Hall–Kier alpha value is -0.860. The Balaban J connectivity index is 2.56. The van der Waals surface area contributed by atoms with E-state index in [1.54, 1.807) is 0 Å². The minimum Gasteiger partial charge on any atom is -0.318 e. The zero-order valence-electron chi connectivity index (χ0n) is 10.0. The molecule has 2 N–H and O–H groups in total. The molecular formula is C13H22N2. The van der Waals surface area contributed by atoms with Crippen LogP contribution in [0, 0.1) is 5.92 Å². The summed E-state index contributed by atoms with van der Waals surface area (Å²) < 4.78 is 0. The summed E-state index contributed by atoms with van der Waals surface area (Å²) in [5.74, 6) is 0.725. The van der Waals surface area contributed by atoms with E-state index in [1.807, 2.05) is 7.05 Å². The van der Waals surface area contributed by atoms with Crippen molar-refractivity contribution in [1.29, 1.82) is 0 Å². The fourth-order valence-electron chi connectivity index (χ4n) is 1.63. The summed E-state index contributed by atoms with van der Waals surface area (Å²) in [5, 5.41) is 0. The smallest absolute Gasteiger partial charge is 0.0455 e. The molecule has 0 unspecified atom stereocenters. The lowest BCUT2D eigenvalue weighted by molar-refractivity contribution is 0.337. The molecule has 0 bridgehead atoms. The Kier molecular flexibility index (Phi) is 4.79. The number of benzene rings is 1. The molecule has 0 aromatic heterocycles. The first-order valence-corrected chi connectivity index (χ1v) is 5.58. The maximum absolute atomic E-state index is 5.54. The molecule has 0 aliphatic rings. The van der Waals surface area contributed by atoms with Crippen molar-refractivity contribution < 1.29 is 0 Å². The summed E-state index contributed by atoms with van der Waals surface area (Å²) in [5.41, 5.74) is 8.29. The van der Waals surface area contributed by atoms with Crippen molar-refractivity contribution in [3.05, 3.63) is 35.4 Å². The molecule has 0 amide bonds. The molecule has 0 aliphatic heterocycles. The predicted octanol–water partition coefficient (Wildman–Crippen LogP) is 2.23. The zero-order chi connectivity index (χ0) is 11.3. The number of nitrogens with two attached hydrogens (primary N) is 1. The van der Waals surface area contributed by atoms with Gasteiger partial charge in [0.1, 0.15) is 0 Å². The van der Waals surface area contributed by atoms with Crippen LogP contribution in [-0.2, 0) is 13.0 Å². The third-order valence-corrected chi connectivity index (χ3v) is 2.43. The van der Waals surface area contributed by atoms with Crippen LogP contribution in [0.4, 0.5) is 0 Å². The van der Waals surface area contributed by atoms with Crippen molar-refractivity contribution in [3.8, 4) is 0 Å². The molecular weight excluding hydrogens is 184 g/mol. The highest BCUT2D eigenvalue weighted by Gasteiger charge is 2.00. The maximum Gasteiger partial charge on any atom is 0.0455 e. The molecule has 0 atom stereocenters. The second-order valence-electron chi connectivity index (χ2n) is 4.61. The largest absolute Gasteiger partial charge is 0.318 e. The molecule has 0 aliphatic carbocycles. The van der Waals surface area contributed by atoms with Crippen molar-refractivity contribution in [2.24, 2.45) is 11.7 Å². The number of rotatable bonds is 5. The standard InChI is InChI=1S/C13H22N2/c1-11(2)8-12-4-6-13(7-5-12)9-15(3)10-14/h4-7,11H,8-10,14H2,1-3H3. The van der Waals surface area contributed by atoms with E-state index < -0.39 is 0 Å². The molecule has 0 saturated heterocycles. The van der Waals surface area contributed by atoms with Crippen molar-refractivity contribution >= 4 is 0 Å². The van der Waals surface area contributed by atoms with Gasteiger partial charge in [-0.15, -0.1) is 0 Å². The van der Waals surface area contributed by atoms with Gasteiger partial charge in [0.25, 0.3) is 0 Å². The topological polar surface area (TPSA) is 29.3 Å². The number of hydrogen-bond donors (Lipinski definition) is 1. The second-order valence-corrected chi connectivity index (χ2v) is 4.61. The summed E-state index contributed by atoms with van der Waals surface area (Å²) in [6, 6.07) is 8.84. The van der Waals surface area contributed by atoms with Crippen molar-refractivity contribution in [3.63, 3.8) is 0 Å². The van der Waals surface area contributed by atoms with E-state index in [0.29, 0.717) is 6.67 Å². The monoisotopic (exact) mass is 206 g/mol. The van der Waals surface area contributed by atoms with Crippen molar-refractivity contribution in [1.82, 2.24) is 4.90 Å². The number of hydrogen-bond acceptors (Lipinski definition) is 2. The van der Waals surface area contributed by atoms with Crippen LogP contribution in [0.1, 0.15) is 25.0 Å². The van der Waals surface area contributed by atoms with Crippen LogP contribution in [0.25, 0.3) is 0 Å². The quantitative estimate of drug-likeness (QED) is 0.749. The highest BCUT2D eigenvalue weighted by Crippen LogP contribution is 2.10. The average molecular weight is 206 g/mol. The second kappa shape index (κ2) is 5.89. The molecule has 0 heterocycles. The fraction of sp³-hybridized carbons (Fsp3) is 0.538. The third kappa shape index (κ3) is 4.45. The average Bonchev–Trinajstić information content (AvgIpc) is 2.20. The normalized spacial score (nSPS) is 11.3. The van der Waals surface area contributed by atoms with E-state index in [0.717, 1.165) is 18.9 Å². The van der Waals surface area contributed by atoms with Crippen LogP contribution in [0.5, 0.6) is 0 Å². The predicted molar refractivity (Wildman–Crippen MR) is 65.5 cm³/mol. The highest BCUT2D eigenvalue weighted by atomic mass is 15.1. The minimum absolute atomic E-state index is 0.605. The van der Waals surface area contributed by atoms with Crippen molar-refractivity contribution in [2.75, 3.05) is 13.7 Å². The summed E-state index contributed by atoms with van der Waals surface area (Å²) in [7, 11) is 2.03. The van der Waals surface area contributed by atoms with Crippen LogP contribution in [-0.4, -0.2) is 18.6 Å².